The number of para-hydroxylation sites is 1. The van der Waals surface area contributed by atoms with E-state index in [0.29, 0.717) is 12.1 Å². The van der Waals surface area contributed by atoms with E-state index in [1.807, 2.05) is 0 Å². The fourth-order valence-electron chi connectivity index (χ4n) is 1.92. The van der Waals surface area contributed by atoms with Crippen LogP contribution in [0.5, 0.6) is 0 Å². The molecule has 0 radical (unpaired) electrons. The van der Waals surface area contributed by atoms with Crippen LogP contribution in [-0.4, -0.2) is 25.3 Å². The van der Waals surface area contributed by atoms with Gasteiger partial charge in [0.15, 0.2) is 0 Å². The lowest BCUT2D eigenvalue weighted by molar-refractivity contribution is 0.0284. The van der Waals surface area contributed by atoms with Gasteiger partial charge in [-0.25, -0.2) is 0 Å². The lowest BCUT2D eigenvalue weighted by Gasteiger charge is -2.39. The molecule has 2 unspecified atom stereocenters. The van der Waals surface area contributed by atoms with Crippen LogP contribution in [0.2, 0.25) is 0 Å². The zero-order valence-electron chi connectivity index (χ0n) is 8.81. The second-order valence-corrected chi connectivity index (χ2v) is 3.85. The van der Waals surface area contributed by atoms with Crippen molar-refractivity contribution in [1.29, 1.82) is 0 Å². The summed E-state index contributed by atoms with van der Waals surface area (Å²) >= 11 is 0. The number of hydrogen-bond acceptors (Lipinski definition) is 2. The van der Waals surface area contributed by atoms with Crippen molar-refractivity contribution in [3.63, 3.8) is 0 Å². The third kappa shape index (κ3) is 1.75. The van der Waals surface area contributed by atoms with Crippen LogP contribution in [0.3, 0.4) is 0 Å². The summed E-state index contributed by atoms with van der Waals surface area (Å²) in [5.41, 5.74) is 1.30. The van der Waals surface area contributed by atoms with Crippen molar-refractivity contribution in [2.45, 2.75) is 26.0 Å². The molecule has 0 aromatic heterocycles. The minimum atomic E-state index is 0.323. The maximum Gasteiger partial charge on any atom is 0.0748 e. The molecule has 0 aliphatic carbocycles. The van der Waals surface area contributed by atoms with E-state index in [9.17, 15) is 0 Å². The zero-order chi connectivity index (χ0) is 9.97. The molecule has 1 aliphatic rings. The van der Waals surface area contributed by atoms with Gasteiger partial charge in [-0.3, -0.25) is 0 Å². The Hall–Kier alpha value is -1.02. The first-order chi connectivity index (χ1) is 6.79. The molecule has 1 fully saturated rings. The molecule has 0 spiro atoms. The van der Waals surface area contributed by atoms with Crippen LogP contribution in [0.4, 0.5) is 5.69 Å². The van der Waals surface area contributed by atoms with Crippen molar-refractivity contribution in [3.05, 3.63) is 30.3 Å². The van der Waals surface area contributed by atoms with Gasteiger partial charge in [0, 0.05) is 12.2 Å². The topological polar surface area (TPSA) is 12.5 Å². The molecule has 0 saturated carbocycles. The number of ether oxygens (including phenoxy) is 1. The highest BCUT2D eigenvalue weighted by Crippen LogP contribution is 2.21. The molecule has 2 nitrogen and oxygen atoms in total. The van der Waals surface area contributed by atoms with Gasteiger partial charge in [0.1, 0.15) is 0 Å². The predicted molar refractivity (Wildman–Crippen MR) is 58.7 cm³/mol. The first kappa shape index (κ1) is 9.53. The van der Waals surface area contributed by atoms with Crippen LogP contribution >= 0.6 is 0 Å². The molecule has 2 heteroatoms. The summed E-state index contributed by atoms with van der Waals surface area (Å²) in [5, 5.41) is 0. The zero-order valence-corrected chi connectivity index (χ0v) is 8.81. The van der Waals surface area contributed by atoms with Crippen LogP contribution in [0.15, 0.2) is 30.3 Å². The Morgan fingerprint density at radius 1 is 1.21 bits per heavy atom. The van der Waals surface area contributed by atoms with Crippen LogP contribution in [0.1, 0.15) is 13.8 Å². The van der Waals surface area contributed by atoms with E-state index in [0.717, 1.165) is 13.2 Å². The van der Waals surface area contributed by atoms with Crippen molar-refractivity contribution in [1.82, 2.24) is 0 Å². The third-order valence-electron chi connectivity index (χ3n) is 2.97. The molecule has 76 valence electrons. The summed E-state index contributed by atoms with van der Waals surface area (Å²) in [6.45, 7) is 6.19. The summed E-state index contributed by atoms with van der Waals surface area (Å²) in [4.78, 5) is 2.41. The first-order valence-electron chi connectivity index (χ1n) is 5.22. The third-order valence-corrected chi connectivity index (χ3v) is 2.97. The number of nitrogens with zero attached hydrogens (tertiary/aromatic N) is 1. The SMILES string of the molecule is CC1OCCN(c2ccccc2)C1C. The smallest absolute Gasteiger partial charge is 0.0748 e. The standard InChI is InChI=1S/C12H17NO/c1-10-11(2)14-9-8-13(10)12-6-4-3-5-7-12/h3-7,10-11H,8-9H2,1-2H3. The van der Waals surface area contributed by atoms with Crippen molar-refractivity contribution in [3.8, 4) is 0 Å². The van der Waals surface area contributed by atoms with Crippen molar-refractivity contribution in [2.24, 2.45) is 0 Å². The minimum Gasteiger partial charge on any atom is -0.375 e. The highest BCUT2D eigenvalue weighted by Gasteiger charge is 2.24. The fraction of sp³-hybridized carbons (Fsp3) is 0.500. The normalized spacial score (nSPS) is 27.7. The number of rotatable bonds is 1. The van der Waals surface area contributed by atoms with Crippen molar-refractivity contribution in [2.75, 3.05) is 18.1 Å². The lowest BCUT2D eigenvalue weighted by Crippen LogP contribution is -2.48. The Balaban J connectivity index is 2.17. The monoisotopic (exact) mass is 191 g/mol. The summed E-state index contributed by atoms with van der Waals surface area (Å²) in [5.74, 6) is 0. The summed E-state index contributed by atoms with van der Waals surface area (Å²) in [6, 6.07) is 11.0. The molecule has 0 N–H and O–H groups in total. The molecule has 2 atom stereocenters. The van der Waals surface area contributed by atoms with Crippen LogP contribution < -0.4 is 4.90 Å². The quantitative estimate of drug-likeness (QED) is 0.675. The maximum absolute atomic E-state index is 5.60. The van der Waals surface area contributed by atoms with Crippen LogP contribution in [0, 0.1) is 0 Å². The first-order valence-corrected chi connectivity index (χ1v) is 5.22. The van der Waals surface area contributed by atoms with Gasteiger partial charge in [-0.15, -0.1) is 0 Å². The fourth-order valence-corrected chi connectivity index (χ4v) is 1.92. The Kier molecular flexibility index (Phi) is 2.73. The number of morpholine rings is 1. The number of hydrogen-bond donors (Lipinski definition) is 0. The summed E-state index contributed by atoms with van der Waals surface area (Å²) in [6.07, 6.45) is 0.323. The molecule has 1 aliphatic heterocycles. The van der Waals surface area contributed by atoms with E-state index in [1.165, 1.54) is 5.69 Å². The molecule has 0 amide bonds. The molecule has 1 heterocycles. The van der Waals surface area contributed by atoms with Gasteiger partial charge in [0.05, 0.1) is 18.8 Å². The predicted octanol–water partition coefficient (Wildman–Crippen LogP) is 2.30. The second kappa shape index (κ2) is 4.01. The highest BCUT2D eigenvalue weighted by molar-refractivity contribution is 5.47. The van der Waals surface area contributed by atoms with E-state index in [-0.39, 0.29) is 0 Å². The Labute approximate surface area is 85.5 Å². The van der Waals surface area contributed by atoms with Crippen molar-refractivity contribution < 1.29 is 4.74 Å². The highest BCUT2D eigenvalue weighted by atomic mass is 16.5. The van der Waals surface area contributed by atoms with Gasteiger partial charge >= 0.3 is 0 Å². The van der Waals surface area contributed by atoms with E-state index < -0.39 is 0 Å². The Morgan fingerprint density at radius 3 is 2.64 bits per heavy atom. The maximum atomic E-state index is 5.60. The average Bonchev–Trinajstić information content (AvgIpc) is 2.23. The second-order valence-electron chi connectivity index (χ2n) is 3.85. The van der Waals surface area contributed by atoms with E-state index >= 15 is 0 Å². The van der Waals surface area contributed by atoms with E-state index in [2.05, 4.69) is 49.1 Å². The van der Waals surface area contributed by atoms with Gasteiger partial charge in [0.25, 0.3) is 0 Å². The van der Waals surface area contributed by atoms with Gasteiger partial charge < -0.3 is 9.64 Å². The molecule has 14 heavy (non-hydrogen) atoms. The molecular weight excluding hydrogens is 174 g/mol. The Bertz CT molecular complexity index is 286. The van der Waals surface area contributed by atoms with Gasteiger partial charge in [-0.2, -0.15) is 0 Å². The minimum absolute atomic E-state index is 0.323. The van der Waals surface area contributed by atoms with Crippen molar-refractivity contribution >= 4 is 5.69 Å². The number of anilines is 1. The molecule has 1 saturated heterocycles. The van der Waals surface area contributed by atoms with E-state index in [4.69, 9.17) is 4.74 Å². The molecule has 2 rings (SSSR count). The molecule has 1 aromatic carbocycles. The van der Waals surface area contributed by atoms with E-state index in [1.54, 1.807) is 0 Å². The number of benzene rings is 1. The van der Waals surface area contributed by atoms with Crippen LogP contribution in [-0.2, 0) is 4.74 Å². The lowest BCUT2D eigenvalue weighted by atomic mass is 10.1. The molecular formula is C12H17NO. The molecule has 0 bridgehead atoms. The van der Waals surface area contributed by atoms with Gasteiger partial charge in [-0.1, -0.05) is 18.2 Å². The average molecular weight is 191 g/mol. The summed E-state index contributed by atoms with van der Waals surface area (Å²) in [7, 11) is 0. The summed E-state index contributed by atoms with van der Waals surface area (Å²) < 4.78 is 5.60. The van der Waals surface area contributed by atoms with Gasteiger partial charge in [-0.05, 0) is 26.0 Å². The largest absolute Gasteiger partial charge is 0.375 e. The Morgan fingerprint density at radius 2 is 1.93 bits per heavy atom. The van der Waals surface area contributed by atoms with Crippen LogP contribution in [0.25, 0.3) is 0 Å². The van der Waals surface area contributed by atoms with Gasteiger partial charge in [0.2, 0.25) is 0 Å². The molecule has 1 aromatic rings.